The maximum Gasteiger partial charge on any atom is 0.228 e. The van der Waals surface area contributed by atoms with Crippen LogP contribution in [0.25, 0.3) is 0 Å². The number of hydrogen-bond donors (Lipinski definition) is 2. The Morgan fingerprint density at radius 2 is 2.07 bits per heavy atom. The second kappa shape index (κ2) is 8.77. The van der Waals surface area contributed by atoms with Crippen LogP contribution in [0.3, 0.4) is 0 Å². The SMILES string of the molecule is CN(C)c1cccc(CC(=O)Nc2cncc(/C=N/c3ncccc3O)c2)c1. The van der Waals surface area contributed by atoms with Crippen molar-refractivity contribution in [2.75, 3.05) is 24.3 Å². The standard InChI is InChI=1S/C21H21N5O2/c1-26(2)18-6-3-5-15(10-18)11-20(28)25-17-9-16(12-22-14-17)13-24-21-19(27)7-4-8-23-21/h3-10,12-14,27H,11H2,1-2H3,(H,25,28)/b24-13+. The first-order valence-corrected chi connectivity index (χ1v) is 8.70. The van der Waals surface area contributed by atoms with Gasteiger partial charge >= 0.3 is 0 Å². The van der Waals surface area contributed by atoms with E-state index in [1.165, 1.54) is 12.3 Å². The molecular weight excluding hydrogens is 354 g/mol. The number of aliphatic imine (C=N–C) groups is 1. The molecule has 0 unspecified atom stereocenters. The number of nitrogens with zero attached hydrogens (tertiary/aromatic N) is 4. The molecule has 0 aliphatic rings. The summed E-state index contributed by atoms with van der Waals surface area (Å²) < 4.78 is 0. The first-order chi connectivity index (χ1) is 13.5. The zero-order valence-corrected chi connectivity index (χ0v) is 15.7. The molecule has 0 atom stereocenters. The summed E-state index contributed by atoms with van der Waals surface area (Å²) in [5.74, 6) is 0.0861. The van der Waals surface area contributed by atoms with Gasteiger partial charge in [0.15, 0.2) is 11.6 Å². The van der Waals surface area contributed by atoms with Gasteiger partial charge in [-0.05, 0) is 35.9 Å². The van der Waals surface area contributed by atoms with E-state index in [9.17, 15) is 9.90 Å². The molecule has 0 saturated heterocycles. The van der Waals surface area contributed by atoms with E-state index in [-0.39, 0.29) is 23.9 Å². The number of benzene rings is 1. The van der Waals surface area contributed by atoms with Crippen LogP contribution in [-0.4, -0.2) is 41.3 Å². The summed E-state index contributed by atoms with van der Waals surface area (Å²) in [6.45, 7) is 0. The van der Waals surface area contributed by atoms with E-state index < -0.39 is 0 Å². The predicted octanol–water partition coefficient (Wildman–Crippen LogP) is 3.18. The lowest BCUT2D eigenvalue weighted by Crippen LogP contribution is -2.15. The second-order valence-electron chi connectivity index (χ2n) is 6.40. The Kier molecular flexibility index (Phi) is 5.96. The van der Waals surface area contributed by atoms with Gasteiger partial charge in [-0.3, -0.25) is 9.78 Å². The summed E-state index contributed by atoms with van der Waals surface area (Å²) in [4.78, 5) is 26.6. The predicted molar refractivity (Wildman–Crippen MR) is 110 cm³/mol. The molecule has 0 saturated carbocycles. The summed E-state index contributed by atoms with van der Waals surface area (Å²) in [6, 6.07) is 12.7. The van der Waals surface area contributed by atoms with Crippen LogP contribution < -0.4 is 10.2 Å². The van der Waals surface area contributed by atoms with E-state index in [1.54, 1.807) is 30.7 Å². The van der Waals surface area contributed by atoms with E-state index in [0.717, 1.165) is 11.3 Å². The molecule has 2 heterocycles. The average molecular weight is 375 g/mol. The first-order valence-electron chi connectivity index (χ1n) is 8.70. The van der Waals surface area contributed by atoms with Gasteiger partial charge in [0.1, 0.15) is 0 Å². The Balaban J connectivity index is 1.66. The van der Waals surface area contributed by atoms with Gasteiger partial charge in [-0.2, -0.15) is 0 Å². The number of pyridine rings is 2. The lowest BCUT2D eigenvalue weighted by molar-refractivity contribution is -0.115. The van der Waals surface area contributed by atoms with Crippen molar-refractivity contribution in [3.8, 4) is 5.75 Å². The number of carbonyl (C=O) groups excluding carboxylic acids is 1. The Labute approximate surface area is 163 Å². The van der Waals surface area contributed by atoms with Crippen molar-refractivity contribution in [3.63, 3.8) is 0 Å². The van der Waals surface area contributed by atoms with Crippen LogP contribution >= 0.6 is 0 Å². The summed E-state index contributed by atoms with van der Waals surface area (Å²) in [5.41, 5.74) is 3.23. The van der Waals surface area contributed by atoms with Crippen LogP contribution in [0.4, 0.5) is 17.2 Å². The molecule has 7 heteroatoms. The number of amides is 1. The van der Waals surface area contributed by atoms with Crippen molar-refractivity contribution in [2.24, 2.45) is 4.99 Å². The zero-order valence-electron chi connectivity index (χ0n) is 15.7. The Morgan fingerprint density at radius 3 is 2.86 bits per heavy atom. The molecule has 3 aromatic rings. The van der Waals surface area contributed by atoms with E-state index in [0.29, 0.717) is 11.3 Å². The van der Waals surface area contributed by atoms with Crippen molar-refractivity contribution in [2.45, 2.75) is 6.42 Å². The summed E-state index contributed by atoms with van der Waals surface area (Å²) in [6.07, 6.45) is 6.53. The minimum atomic E-state index is -0.130. The van der Waals surface area contributed by atoms with E-state index in [2.05, 4.69) is 20.3 Å². The second-order valence-corrected chi connectivity index (χ2v) is 6.40. The molecule has 142 valence electrons. The van der Waals surface area contributed by atoms with Gasteiger partial charge in [0, 0.05) is 44.0 Å². The molecule has 0 fully saturated rings. The van der Waals surface area contributed by atoms with E-state index in [4.69, 9.17) is 0 Å². The largest absolute Gasteiger partial charge is 0.504 e. The fourth-order valence-electron chi connectivity index (χ4n) is 2.56. The highest BCUT2D eigenvalue weighted by atomic mass is 16.3. The number of aromatic hydroxyl groups is 1. The number of rotatable bonds is 6. The third-order valence-electron chi connectivity index (χ3n) is 3.94. The molecule has 0 bridgehead atoms. The number of anilines is 2. The molecule has 0 radical (unpaired) electrons. The van der Waals surface area contributed by atoms with Crippen LogP contribution in [0.2, 0.25) is 0 Å². The molecule has 0 spiro atoms. The lowest BCUT2D eigenvalue weighted by atomic mass is 10.1. The van der Waals surface area contributed by atoms with Crippen molar-refractivity contribution in [3.05, 3.63) is 72.2 Å². The maximum atomic E-state index is 12.4. The quantitative estimate of drug-likeness (QED) is 0.646. The van der Waals surface area contributed by atoms with Gasteiger partial charge in [-0.25, -0.2) is 9.98 Å². The molecule has 2 N–H and O–H groups in total. The van der Waals surface area contributed by atoms with Crippen LogP contribution in [0.5, 0.6) is 5.75 Å². The van der Waals surface area contributed by atoms with Gasteiger partial charge in [0.05, 0.1) is 18.3 Å². The van der Waals surface area contributed by atoms with Crippen LogP contribution in [-0.2, 0) is 11.2 Å². The zero-order chi connectivity index (χ0) is 19.9. The van der Waals surface area contributed by atoms with Gasteiger partial charge in [0.25, 0.3) is 0 Å². The third-order valence-corrected chi connectivity index (χ3v) is 3.94. The Hall–Kier alpha value is -3.74. The van der Waals surface area contributed by atoms with Crippen molar-refractivity contribution < 1.29 is 9.90 Å². The number of nitrogens with one attached hydrogen (secondary N) is 1. The molecule has 7 nitrogen and oxygen atoms in total. The smallest absolute Gasteiger partial charge is 0.228 e. The maximum absolute atomic E-state index is 12.4. The van der Waals surface area contributed by atoms with Crippen LogP contribution in [0.1, 0.15) is 11.1 Å². The average Bonchev–Trinajstić information content (AvgIpc) is 2.68. The van der Waals surface area contributed by atoms with Gasteiger partial charge in [-0.15, -0.1) is 0 Å². The normalized spacial score (nSPS) is 10.8. The Bertz CT molecular complexity index is 1000. The van der Waals surface area contributed by atoms with Crippen molar-refractivity contribution in [1.29, 1.82) is 0 Å². The van der Waals surface area contributed by atoms with Crippen LogP contribution in [0.15, 0.2) is 66.0 Å². The third kappa shape index (κ3) is 5.14. The van der Waals surface area contributed by atoms with E-state index in [1.807, 2.05) is 43.3 Å². The highest BCUT2D eigenvalue weighted by Gasteiger charge is 2.06. The fraction of sp³-hybridized carbons (Fsp3) is 0.143. The first kappa shape index (κ1) is 19.0. The molecule has 0 aliphatic carbocycles. The minimum absolute atomic E-state index is 0.00359. The molecule has 2 aromatic heterocycles. The Morgan fingerprint density at radius 1 is 1.21 bits per heavy atom. The van der Waals surface area contributed by atoms with Gasteiger partial charge in [0.2, 0.25) is 5.91 Å². The molecule has 28 heavy (non-hydrogen) atoms. The molecule has 3 rings (SSSR count). The summed E-state index contributed by atoms with van der Waals surface area (Å²) >= 11 is 0. The van der Waals surface area contributed by atoms with Crippen LogP contribution in [0, 0.1) is 0 Å². The topological polar surface area (TPSA) is 90.7 Å². The number of hydrogen-bond acceptors (Lipinski definition) is 6. The highest BCUT2D eigenvalue weighted by Crippen LogP contribution is 2.21. The summed E-state index contributed by atoms with van der Waals surface area (Å²) in [5, 5.41) is 12.6. The molecule has 0 aliphatic heterocycles. The summed E-state index contributed by atoms with van der Waals surface area (Å²) in [7, 11) is 3.92. The molecule has 1 amide bonds. The van der Waals surface area contributed by atoms with E-state index >= 15 is 0 Å². The van der Waals surface area contributed by atoms with Gasteiger partial charge in [-0.1, -0.05) is 12.1 Å². The van der Waals surface area contributed by atoms with Crippen molar-refractivity contribution >= 4 is 29.3 Å². The highest BCUT2D eigenvalue weighted by molar-refractivity contribution is 5.93. The van der Waals surface area contributed by atoms with Crippen molar-refractivity contribution in [1.82, 2.24) is 9.97 Å². The van der Waals surface area contributed by atoms with Gasteiger partial charge < -0.3 is 15.3 Å². The molecular formula is C21H21N5O2. The fourth-order valence-corrected chi connectivity index (χ4v) is 2.56. The monoisotopic (exact) mass is 375 g/mol. The number of carbonyl (C=O) groups is 1. The minimum Gasteiger partial charge on any atom is -0.504 e. The number of aromatic nitrogens is 2. The lowest BCUT2D eigenvalue weighted by Gasteiger charge is -2.13. The molecule has 1 aromatic carbocycles.